The van der Waals surface area contributed by atoms with Gasteiger partial charge in [0.05, 0.1) is 29.3 Å². The Kier molecular flexibility index (Phi) is 6.61. The highest BCUT2D eigenvalue weighted by Crippen LogP contribution is 2.41. The van der Waals surface area contributed by atoms with Crippen LogP contribution < -0.4 is 14.6 Å². The Morgan fingerprint density at radius 1 is 1.37 bits per heavy atom. The molecule has 0 fully saturated rings. The van der Waals surface area contributed by atoms with Crippen molar-refractivity contribution in [2.45, 2.75) is 13.8 Å². The van der Waals surface area contributed by atoms with E-state index in [1.807, 2.05) is 0 Å². The van der Waals surface area contributed by atoms with E-state index in [1.165, 1.54) is 14.2 Å². The quantitative estimate of drug-likeness (QED) is 0.748. The number of halogens is 2. The van der Waals surface area contributed by atoms with Gasteiger partial charge in [0.2, 0.25) is 0 Å². The first-order valence-corrected chi connectivity index (χ1v) is 7.99. The molecule has 0 atom stereocenters. The minimum Gasteiger partial charge on any atom is -0.823 e. The first kappa shape index (κ1) is 16.8. The van der Waals surface area contributed by atoms with Crippen LogP contribution in [0.3, 0.4) is 0 Å². The van der Waals surface area contributed by atoms with Gasteiger partial charge in [-0.15, -0.1) is 13.7 Å². The fourth-order valence-electron chi connectivity index (χ4n) is 1.52. The van der Waals surface area contributed by atoms with Crippen LogP contribution in [0.5, 0.6) is 11.5 Å². The van der Waals surface area contributed by atoms with Gasteiger partial charge >= 0.3 is 0 Å². The van der Waals surface area contributed by atoms with E-state index in [4.69, 9.17) is 21.1 Å². The molecule has 6 heteroatoms. The van der Waals surface area contributed by atoms with Crippen molar-refractivity contribution in [1.82, 2.24) is 0 Å². The van der Waals surface area contributed by atoms with E-state index < -0.39 is 0 Å². The van der Waals surface area contributed by atoms with E-state index >= 15 is 0 Å². The zero-order valence-electron chi connectivity index (χ0n) is 11.3. The third-order valence-electron chi connectivity index (χ3n) is 2.36. The van der Waals surface area contributed by atoms with Crippen molar-refractivity contribution in [3.8, 4) is 11.5 Å². The molecule has 0 bridgehead atoms. The largest absolute Gasteiger partial charge is 0.823 e. The van der Waals surface area contributed by atoms with Crippen LogP contribution in [-0.2, 0) is 0 Å². The molecule has 3 nitrogen and oxygen atoms in total. The average Bonchev–Trinajstić information content (AvgIpc) is 2.35. The molecule has 1 rings (SSSR count). The molecule has 0 aliphatic rings. The van der Waals surface area contributed by atoms with E-state index in [0.717, 1.165) is 6.16 Å². The molecule has 0 amide bonds. The molecule has 1 aromatic rings. The molecule has 106 valence electrons. The molecule has 0 saturated carbocycles. The van der Waals surface area contributed by atoms with Crippen LogP contribution in [0.4, 0.5) is 0 Å². The predicted molar refractivity (Wildman–Crippen MR) is 83.0 cm³/mol. The molecule has 0 aliphatic heterocycles. The molecule has 0 unspecified atom stereocenters. The number of hydrogen-bond acceptors (Lipinski definition) is 3. The summed E-state index contributed by atoms with van der Waals surface area (Å²) in [4.78, 5) is 0. The Morgan fingerprint density at radius 3 is 2.42 bits per heavy atom. The minimum absolute atomic E-state index is 0.0504. The summed E-state index contributed by atoms with van der Waals surface area (Å²) in [5.74, 6) is 1.27. The number of hydrogen-bond donors (Lipinski definition) is 0. The lowest BCUT2D eigenvalue weighted by atomic mass is 10.2. The molecular formula is C13H16BrClO3P-. The monoisotopic (exact) mass is 365 g/mol. The van der Waals surface area contributed by atoms with Gasteiger partial charge < -0.3 is 14.6 Å². The molecule has 0 radical (unpaired) electrons. The third kappa shape index (κ3) is 4.09. The zero-order chi connectivity index (χ0) is 14.6. The highest BCUT2D eigenvalue weighted by molar-refractivity contribution is 9.10. The van der Waals surface area contributed by atoms with Crippen LogP contribution in [-0.4, -0.2) is 25.9 Å². The Balaban J connectivity index is 3.41. The molecule has 1 aromatic carbocycles. The van der Waals surface area contributed by atoms with Crippen molar-refractivity contribution in [2.24, 2.45) is 5.92 Å². The van der Waals surface area contributed by atoms with Gasteiger partial charge in [0, 0.05) is 0 Å². The van der Waals surface area contributed by atoms with E-state index in [1.54, 1.807) is 6.07 Å². The highest BCUT2D eigenvalue weighted by atomic mass is 79.9. The van der Waals surface area contributed by atoms with Crippen LogP contribution in [0, 0.1) is 5.92 Å². The highest BCUT2D eigenvalue weighted by Gasteiger charge is 2.17. The van der Waals surface area contributed by atoms with Crippen LogP contribution in [0.1, 0.15) is 19.4 Å². The van der Waals surface area contributed by atoms with Crippen molar-refractivity contribution in [1.29, 1.82) is 0 Å². The fourth-order valence-corrected chi connectivity index (χ4v) is 3.42. The molecule has 0 aliphatic carbocycles. The minimum atomic E-state index is -0.0504. The predicted octanol–water partition coefficient (Wildman–Crippen LogP) is 3.56. The summed E-state index contributed by atoms with van der Waals surface area (Å²) in [6.07, 6.45) is 0.787. The van der Waals surface area contributed by atoms with Crippen molar-refractivity contribution in [2.75, 3.05) is 20.4 Å². The third-order valence-corrected chi connectivity index (χ3v) is 4.66. The Morgan fingerprint density at radius 2 is 1.95 bits per heavy atom. The van der Waals surface area contributed by atoms with Gasteiger partial charge in [-0.1, -0.05) is 25.4 Å². The smallest absolute Gasteiger partial charge is 0.147 e. The maximum atomic E-state index is 12.4. The van der Waals surface area contributed by atoms with Crippen molar-refractivity contribution in [3.05, 3.63) is 21.1 Å². The molecular weight excluding hydrogens is 350 g/mol. The van der Waals surface area contributed by atoms with Crippen LogP contribution in [0.2, 0.25) is 5.02 Å². The van der Waals surface area contributed by atoms with Crippen LogP contribution in [0.25, 0.3) is 0 Å². The number of ether oxygens (including phenoxy) is 2. The number of benzene rings is 1. The summed E-state index contributed by atoms with van der Waals surface area (Å²) < 4.78 is 11.2. The topological polar surface area (TPSA) is 41.5 Å². The Hall–Kier alpha value is -0.280. The summed E-state index contributed by atoms with van der Waals surface area (Å²) in [5, 5.41) is 12.7. The summed E-state index contributed by atoms with van der Waals surface area (Å²) in [5.41, 5.74) is 0.345. The SMILES string of the molecule is COc1c(Cl)cc(Br)c(OC)c1C([O-])=PCC(C)C. The van der Waals surface area contributed by atoms with E-state index in [9.17, 15) is 5.11 Å². The van der Waals surface area contributed by atoms with Gasteiger partial charge in [0.15, 0.2) is 0 Å². The van der Waals surface area contributed by atoms with E-state index in [2.05, 4.69) is 29.8 Å². The van der Waals surface area contributed by atoms with Gasteiger partial charge in [0.1, 0.15) is 11.5 Å². The van der Waals surface area contributed by atoms with Gasteiger partial charge in [-0.05, 0) is 34.1 Å². The molecule has 0 saturated heterocycles. The number of rotatable bonds is 5. The van der Waals surface area contributed by atoms with Gasteiger partial charge in [-0.2, -0.15) is 0 Å². The van der Waals surface area contributed by atoms with Gasteiger partial charge in [0.25, 0.3) is 0 Å². The molecule has 0 spiro atoms. The first-order valence-electron chi connectivity index (χ1n) is 5.74. The Labute approximate surface area is 128 Å². The standard InChI is InChI=1S/C13H17BrClO3P/c1-7(2)6-19-13(16)10-11(17-3)8(14)5-9(15)12(10)18-4/h5,7,16H,6H2,1-4H3/p-1. The summed E-state index contributed by atoms with van der Waals surface area (Å²) in [6.45, 7) is 4.14. The second-order valence-corrected chi connectivity index (χ2v) is 6.67. The average molecular weight is 367 g/mol. The zero-order valence-corrected chi connectivity index (χ0v) is 14.5. The number of methoxy groups -OCH3 is 2. The van der Waals surface area contributed by atoms with Gasteiger partial charge in [-0.25, -0.2) is 0 Å². The molecule has 19 heavy (non-hydrogen) atoms. The van der Waals surface area contributed by atoms with Crippen LogP contribution in [0.15, 0.2) is 10.5 Å². The van der Waals surface area contributed by atoms with Crippen molar-refractivity contribution >= 4 is 41.2 Å². The summed E-state index contributed by atoms with van der Waals surface area (Å²) >= 11 is 9.45. The lowest BCUT2D eigenvalue weighted by molar-refractivity contribution is -0.207. The fraction of sp³-hybridized carbons (Fsp3) is 0.462. The lowest BCUT2D eigenvalue weighted by Gasteiger charge is -2.21. The maximum Gasteiger partial charge on any atom is 0.147 e. The normalized spacial score (nSPS) is 11.9. The first-order chi connectivity index (χ1) is 8.92. The lowest BCUT2D eigenvalue weighted by Crippen LogP contribution is -2.19. The van der Waals surface area contributed by atoms with Crippen molar-refractivity contribution in [3.63, 3.8) is 0 Å². The second-order valence-electron chi connectivity index (χ2n) is 4.32. The summed E-state index contributed by atoms with van der Waals surface area (Å²) in [7, 11) is 3.71. The second kappa shape index (κ2) is 7.49. The Bertz CT molecular complexity index is 461. The summed E-state index contributed by atoms with van der Waals surface area (Å²) in [6, 6.07) is 1.66. The van der Waals surface area contributed by atoms with Gasteiger partial charge in [-0.3, -0.25) is 0 Å². The van der Waals surface area contributed by atoms with Crippen molar-refractivity contribution < 1.29 is 14.6 Å². The molecule has 0 aromatic heterocycles. The molecule has 0 N–H and O–H groups in total. The molecule has 0 heterocycles. The van der Waals surface area contributed by atoms with E-state index in [0.29, 0.717) is 40.7 Å². The van der Waals surface area contributed by atoms with E-state index in [-0.39, 0.29) is 5.48 Å². The maximum absolute atomic E-state index is 12.4. The van der Waals surface area contributed by atoms with Crippen LogP contribution >= 0.6 is 35.7 Å².